The molecular weight excluding hydrogens is 238 g/mol. The van der Waals surface area contributed by atoms with Crippen LogP contribution in [0.15, 0.2) is 12.1 Å². The van der Waals surface area contributed by atoms with E-state index in [2.05, 4.69) is 17.2 Å². The zero-order valence-electron chi connectivity index (χ0n) is 11.6. The standard InChI is InChI=1S/C15H23N3O/c1-2-9-19-14-12(16)5-6-13(18-14)17-10-15(7-8-15)11-3-4-11/h5-6,11H,2-4,7-10,16H2,1H3,(H,17,18). The summed E-state index contributed by atoms with van der Waals surface area (Å²) in [6.45, 7) is 3.78. The molecule has 0 aromatic carbocycles. The van der Waals surface area contributed by atoms with Crippen LogP contribution in [0, 0.1) is 11.3 Å². The third kappa shape index (κ3) is 2.77. The summed E-state index contributed by atoms with van der Waals surface area (Å²) in [7, 11) is 0. The van der Waals surface area contributed by atoms with E-state index < -0.39 is 0 Å². The van der Waals surface area contributed by atoms with Gasteiger partial charge in [-0.05, 0) is 55.6 Å². The number of nitrogens with one attached hydrogen (secondary N) is 1. The Kier molecular flexibility index (Phi) is 3.25. The number of ether oxygens (including phenoxy) is 1. The largest absolute Gasteiger partial charge is 0.476 e. The van der Waals surface area contributed by atoms with Gasteiger partial charge < -0.3 is 15.8 Å². The molecule has 0 aliphatic heterocycles. The van der Waals surface area contributed by atoms with Gasteiger partial charge in [-0.1, -0.05) is 6.92 Å². The third-order valence-electron chi connectivity index (χ3n) is 4.29. The van der Waals surface area contributed by atoms with Crippen LogP contribution in [0.5, 0.6) is 5.88 Å². The molecule has 0 radical (unpaired) electrons. The van der Waals surface area contributed by atoms with E-state index in [-0.39, 0.29) is 0 Å². The summed E-state index contributed by atoms with van der Waals surface area (Å²) in [5, 5.41) is 3.47. The molecule has 1 aromatic heterocycles. The number of rotatable bonds is 7. The van der Waals surface area contributed by atoms with Crippen LogP contribution >= 0.6 is 0 Å². The first kappa shape index (κ1) is 12.6. The molecular formula is C15H23N3O. The van der Waals surface area contributed by atoms with Crippen molar-refractivity contribution in [2.75, 3.05) is 24.2 Å². The van der Waals surface area contributed by atoms with Crippen LogP contribution in [0.2, 0.25) is 0 Å². The Hall–Kier alpha value is -1.45. The van der Waals surface area contributed by atoms with E-state index in [9.17, 15) is 0 Å². The highest BCUT2D eigenvalue weighted by atomic mass is 16.5. The third-order valence-corrected chi connectivity index (χ3v) is 4.29. The Morgan fingerprint density at radius 2 is 2.21 bits per heavy atom. The Bertz CT molecular complexity index is 453. The van der Waals surface area contributed by atoms with Crippen LogP contribution in [0.4, 0.5) is 11.5 Å². The Labute approximate surface area is 114 Å². The number of nitrogens with two attached hydrogens (primary N) is 1. The van der Waals surface area contributed by atoms with Gasteiger partial charge in [0, 0.05) is 6.54 Å². The van der Waals surface area contributed by atoms with Gasteiger partial charge in [0.1, 0.15) is 5.82 Å². The zero-order valence-corrected chi connectivity index (χ0v) is 11.6. The lowest BCUT2D eigenvalue weighted by atomic mass is 10.0. The minimum Gasteiger partial charge on any atom is -0.476 e. The van der Waals surface area contributed by atoms with Gasteiger partial charge >= 0.3 is 0 Å². The molecule has 0 amide bonds. The minimum atomic E-state index is 0.558. The Balaban J connectivity index is 1.61. The van der Waals surface area contributed by atoms with Gasteiger partial charge in [-0.25, -0.2) is 0 Å². The van der Waals surface area contributed by atoms with Crippen molar-refractivity contribution in [1.29, 1.82) is 0 Å². The summed E-state index contributed by atoms with van der Waals surface area (Å²) in [6, 6.07) is 3.81. The van der Waals surface area contributed by atoms with Crippen LogP contribution in [0.1, 0.15) is 39.0 Å². The van der Waals surface area contributed by atoms with Crippen molar-refractivity contribution in [3.8, 4) is 5.88 Å². The topological polar surface area (TPSA) is 60.2 Å². The molecule has 0 atom stereocenters. The number of pyridine rings is 1. The summed E-state index contributed by atoms with van der Waals surface area (Å²) in [6.07, 6.45) is 6.55. The van der Waals surface area contributed by atoms with Crippen LogP contribution in [-0.4, -0.2) is 18.1 Å². The van der Waals surface area contributed by atoms with Gasteiger partial charge in [-0.15, -0.1) is 0 Å². The molecule has 4 heteroatoms. The number of nitrogen functional groups attached to an aromatic ring is 1. The monoisotopic (exact) mass is 261 g/mol. The molecule has 19 heavy (non-hydrogen) atoms. The highest BCUT2D eigenvalue weighted by Crippen LogP contribution is 2.61. The van der Waals surface area contributed by atoms with Crippen molar-refractivity contribution >= 4 is 11.5 Å². The fourth-order valence-electron chi connectivity index (χ4n) is 2.72. The molecule has 0 saturated heterocycles. The van der Waals surface area contributed by atoms with Gasteiger partial charge in [0.2, 0.25) is 5.88 Å². The van der Waals surface area contributed by atoms with Crippen LogP contribution in [0.3, 0.4) is 0 Å². The Morgan fingerprint density at radius 3 is 2.84 bits per heavy atom. The second-order valence-electron chi connectivity index (χ2n) is 5.93. The first-order valence-corrected chi connectivity index (χ1v) is 7.37. The zero-order chi connectivity index (χ0) is 13.3. The van der Waals surface area contributed by atoms with Crippen molar-refractivity contribution < 1.29 is 4.74 Å². The van der Waals surface area contributed by atoms with E-state index in [1.165, 1.54) is 25.7 Å². The van der Waals surface area contributed by atoms with Gasteiger partial charge in [-0.2, -0.15) is 4.98 Å². The van der Waals surface area contributed by atoms with E-state index in [1.54, 1.807) is 0 Å². The number of nitrogens with zero attached hydrogens (tertiary/aromatic N) is 1. The molecule has 1 heterocycles. The summed E-state index contributed by atoms with van der Waals surface area (Å²) >= 11 is 0. The average molecular weight is 261 g/mol. The summed E-state index contributed by atoms with van der Waals surface area (Å²) in [4.78, 5) is 4.46. The SMILES string of the molecule is CCCOc1nc(NCC2(C3CC3)CC2)ccc1N. The Morgan fingerprint density at radius 1 is 1.42 bits per heavy atom. The smallest absolute Gasteiger partial charge is 0.239 e. The normalized spacial score (nSPS) is 20.1. The molecule has 3 N–H and O–H groups in total. The van der Waals surface area contributed by atoms with Gasteiger partial charge in [0.05, 0.1) is 12.3 Å². The molecule has 3 rings (SSSR count). The predicted molar refractivity (Wildman–Crippen MR) is 77.3 cm³/mol. The number of hydrogen-bond donors (Lipinski definition) is 2. The van der Waals surface area contributed by atoms with Crippen molar-refractivity contribution in [3.05, 3.63) is 12.1 Å². The summed E-state index contributed by atoms with van der Waals surface area (Å²) < 4.78 is 5.56. The molecule has 0 unspecified atom stereocenters. The molecule has 0 bridgehead atoms. The first-order chi connectivity index (χ1) is 9.23. The summed E-state index contributed by atoms with van der Waals surface area (Å²) in [5.74, 6) is 2.40. The van der Waals surface area contributed by atoms with Gasteiger partial charge in [0.25, 0.3) is 0 Å². The maximum Gasteiger partial charge on any atom is 0.239 e. The molecule has 2 saturated carbocycles. The van der Waals surface area contributed by atoms with E-state index >= 15 is 0 Å². The lowest BCUT2D eigenvalue weighted by molar-refractivity contribution is 0.307. The van der Waals surface area contributed by atoms with E-state index in [0.29, 0.717) is 23.6 Å². The minimum absolute atomic E-state index is 0.558. The van der Waals surface area contributed by atoms with Crippen LogP contribution in [-0.2, 0) is 0 Å². The molecule has 4 nitrogen and oxygen atoms in total. The highest BCUT2D eigenvalue weighted by molar-refractivity contribution is 5.53. The van der Waals surface area contributed by atoms with E-state index in [0.717, 1.165) is 24.7 Å². The average Bonchev–Trinajstić information content (AvgIpc) is 3.28. The number of hydrogen-bond acceptors (Lipinski definition) is 4. The molecule has 2 aliphatic rings. The van der Waals surface area contributed by atoms with Crippen molar-refractivity contribution in [2.24, 2.45) is 11.3 Å². The fourth-order valence-corrected chi connectivity index (χ4v) is 2.72. The molecule has 0 spiro atoms. The number of aromatic nitrogens is 1. The predicted octanol–water partition coefficient (Wildman–Crippen LogP) is 3.05. The summed E-state index contributed by atoms with van der Waals surface area (Å²) in [5.41, 5.74) is 7.06. The quantitative estimate of drug-likeness (QED) is 0.792. The number of anilines is 2. The second-order valence-corrected chi connectivity index (χ2v) is 5.93. The lowest BCUT2D eigenvalue weighted by Crippen LogP contribution is -2.18. The lowest BCUT2D eigenvalue weighted by Gasteiger charge is -2.16. The first-order valence-electron chi connectivity index (χ1n) is 7.37. The van der Waals surface area contributed by atoms with Crippen molar-refractivity contribution in [3.63, 3.8) is 0 Å². The molecule has 1 aromatic rings. The highest BCUT2D eigenvalue weighted by Gasteiger charge is 2.53. The van der Waals surface area contributed by atoms with E-state index in [1.807, 2.05) is 12.1 Å². The van der Waals surface area contributed by atoms with Crippen LogP contribution < -0.4 is 15.8 Å². The van der Waals surface area contributed by atoms with Crippen molar-refractivity contribution in [2.45, 2.75) is 39.0 Å². The van der Waals surface area contributed by atoms with Gasteiger partial charge in [-0.3, -0.25) is 0 Å². The van der Waals surface area contributed by atoms with Crippen LogP contribution in [0.25, 0.3) is 0 Å². The van der Waals surface area contributed by atoms with Crippen molar-refractivity contribution in [1.82, 2.24) is 4.98 Å². The maximum absolute atomic E-state index is 5.87. The van der Waals surface area contributed by atoms with E-state index in [4.69, 9.17) is 10.5 Å². The second kappa shape index (κ2) is 4.91. The fraction of sp³-hybridized carbons (Fsp3) is 0.667. The van der Waals surface area contributed by atoms with Gasteiger partial charge in [0.15, 0.2) is 0 Å². The molecule has 104 valence electrons. The molecule has 2 aliphatic carbocycles. The molecule has 2 fully saturated rings. The maximum atomic E-state index is 5.87.